The van der Waals surface area contributed by atoms with Gasteiger partial charge in [0.2, 0.25) is 0 Å². The molecule has 0 fully saturated rings. The van der Waals surface area contributed by atoms with Crippen molar-refractivity contribution in [1.29, 1.82) is 5.26 Å². The average Bonchev–Trinajstić information content (AvgIpc) is 2.40. The van der Waals surface area contributed by atoms with E-state index in [4.69, 9.17) is 5.26 Å². The number of hydrogen-bond donors (Lipinski definition) is 1. The maximum absolute atomic E-state index is 11.9. The number of para-hydroxylation sites is 1. The van der Waals surface area contributed by atoms with Gasteiger partial charge in [-0.2, -0.15) is 5.26 Å². The van der Waals surface area contributed by atoms with Crippen molar-refractivity contribution >= 4 is 11.6 Å². The van der Waals surface area contributed by atoms with Gasteiger partial charge in [0, 0.05) is 11.3 Å². The number of nitrogens with zero attached hydrogens (tertiary/aromatic N) is 1. The van der Waals surface area contributed by atoms with E-state index in [0.717, 1.165) is 5.69 Å². The fourth-order valence-corrected chi connectivity index (χ4v) is 1.45. The Hall–Kier alpha value is -2.60. The van der Waals surface area contributed by atoms with Crippen LogP contribution in [-0.2, 0) is 0 Å². The standard InChI is InChI=1S/C14H10N2O/c15-10-11-5-4-6-12(9-11)14(17)16-13-7-2-1-3-8-13/h1-9H,(H,16,17). The zero-order valence-electron chi connectivity index (χ0n) is 9.05. The Labute approximate surface area is 99.3 Å². The molecule has 17 heavy (non-hydrogen) atoms. The molecule has 0 aliphatic carbocycles. The summed E-state index contributed by atoms with van der Waals surface area (Å²) in [6.07, 6.45) is 0. The first-order chi connectivity index (χ1) is 8.29. The Kier molecular flexibility index (Phi) is 3.18. The molecule has 3 nitrogen and oxygen atoms in total. The van der Waals surface area contributed by atoms with Crippen LogP contribution in [0.2, 0.25) is 0 Å². The molecule has 0 saturated carbocycles. The van der Waals surface area contributed by atoms with Crippen LogP contribution in [0.15, 0.2) is 54.6 Å². The van der Waals surface area contributed by atoms with Gasteiger partial charge >= 0.3 is 0 Å². The second kappa shape index (κ2) is 4.95. The molecule has 0 aliphatic rings. The third-order valence-electron chi connectivity index (χ3n) is 2.29. The van der Waals surface area contributed by atoms with Gasteiger partial charge < -0.3 is 5.32 Å². The normalized spacial score (nSPS) is 9.35. The molecule has 0 atom stereocenters. The van der Waals surface area contributed by atoms with Gasteiger partial charge in [0.1, 0.15) is 0 Å². The molecule has 0 aromatic heterocycles. The molecule has 2 rings (SSSR count). The molecule has 3 heteroatoms. The van der Waals surface area contributed by atoms with Gasteiger partial charge in [-0.05, 0) is 30.3 Å². The molecule has 0 aliphatic heterocycles. The Morgan fingerprint density at radius 2 is 1.82 bits per heavy atom. The van der Waals surface area contributed by atoms with Crippen LogP contribution in [0.3, 0.4) is 0 Å². The lowest BCUT2D eigenvalue weighted by Gasteiger charge is -2.04. The maximum Gasteiger partial charge on any atom is 0.255 e. The van der Waals surface area contributed by atoms with E-state index in [1.807, 2.05) is 36.4 Å². The van der Waals surface area contributed by atoms with Crippen molar-refractivity contribution in [2.75, 3.05) is 5.32 Å². The summed E-state index contributed by atoms with van der Waals surface area (Å²) >= 11 is 0. The van der Waals surface area contributed by atoms with E-state index >= 15 is 0 Å². The average molecular weight is 222 g/mol. The molecular weight excluding hydrogens is 212 g/mol. The molecular formula is C14H10N2O. The van der Waals surface area contributed by atoms with Crippen molar-refractivity contribution in [2.45, 2.75) is 0 Å². The quantitative estimate of drug-likeness (QED) is 0.849. The molecule has 0 saturated heterocycles. The largest absolute Gasteiger partial charge is 0.322 e. The SMILES string of the molecule is N#Cc1cccc(C(=O)Nc2ccccc2)c1. The number of nitriles is 1. The number of hydrogen-bond acceptors (Lipinski definition) is 2. The Balaban J connectivity index is 2.18. The van der Waals surface area contributed by atoms with Gasteiger partial charge in [0.05, 0.1) is 11.6 Å². The van der Waals surface area contributed by atoms with Crippen LogP contribution in [0.25, 0.3) is 0 Å². The Morgan fingerprint density at radius 1 is 1.06 bits per heavy atom. The van der Waals surface area contributed by atoms with Crippen molar-refractivity contribution in [3.8, 4) is 6.07 Å². The van der Waals surface area contributed by atoms with Crippen molar-refractivity contribution in [2.24, 2.45) is 0 Å². The van der Waals surface area contributed by atoms with Crippen LogP contribution < -0.4 is 5.32 Å². The zero-order chi connectivity index (χ0) is 12.1. The molecule has 0 radical (unpaired) electrons. The molecule has 82 valence electrons. The maximum atomic E-state index is 11.9. The monoisotopic (exact) mass is 222 g/mol. The van der Waals surface area contributed by atoms with E-state index in [9.17, 15) is 4.79 Å². The number of rotatable bonds is 2. The summed E-state index contributed by atoms with van der Waals surface area (Å²) in [6, 6.07) is 17.8. The summed E-state index contributed by atoms with van der Waals surface area (Å²) in [7, 11) is 0. The minimum Gasteiger partial charge on any atom is -0.322 e. The highest BCUT2D eigenvalue weighted by Gasteiger charge is 2.05. The highest BCUT2D eigenvalue weighted by Crippen LogP contribution is 2.09. The minimum atomic E-state index is -0.215. The lowest BCUT2D eigenvalue weighted by molar-refractivity contribution is 0.102. The molecule has 0 heterocycles. The summed E-state index contributed by atoms with van der Waals surface area (Å²) in [4.78, 5) is 11.9. The molecule has 2 aromatic carbocycles. The lowest BCUT2D eigenvalue weighted by atomic mass is 10.1. The summed E-state index contributed by atoms with van der Waals surface area (Å²) < 4.78 is 0. The minimum absolute atomic E-state index is 0.215. The van der Waals surface area contributed by atoms with Gasteiger partial charge in [-0.1, -0.05) is 24.3 Å². The molecule has 0 unspecified atom stereocenters. The van der Waals surface area contributed by atoms with E-state index in [1.165, 1.54) is 0 Å². The van der Waals surface area contributed by atoms with Gasteiger partial charge in [0.15, 0.2) is 0 Å². The first kappa shape index (κ1) is 10.9. The first-order valence-corrected chi connectivity index (χ1v) is 5.16. The summed E-state index contributed by atoms with van der Waals surface area (Å²) in [5.74, 6) is -0.215. The van der Waals surface area contributed by atoms with E-state index in [0.29, 0.717) is 11.1 Å². The van der Waals surface area contributed by atoms with Crippen molar-refractivity contribution < 1.29 is 4.79 Å². The van der Waals surface area contributed by atoms with Gasteiger partial charge in [-0.15, -0.1) is 0 Å². The van der Waals surface area contributed by atoms with E-state index in [2.05, 4.69) is 5.32 Å². The fraction of sp³-hybridized carbons (Fsp3) is 0. The third kappa shape index (κ3) is 2.70. The number of carbonyl (C=O) groups is 1. The first-order valence-electron chi connectivity index (χ1n) is 5.16. The second-order valence-electron chi connectivity index (χ2n) is 3.51. The number of benzene rings is 2. The van der Waals surface area contributed by atoms with Crippen LogP contribution in [-0.4, -0.2) is 5.91 Å². The summed E-state index contributed by atoms with van der Waals surface area (Å²) in [5.41, 5.74) is 1.69. The highest BCUT2D eigenvalue weighted by molar-refractivity contribution is 6.04. The van der Waals surface area contributed by atoms with E-state index in [-0.39, 0.29) is 5.91 Å². The van der Waals surface area contributed by atoms with E-state index < -0.39 is 0 Å². The van der Waals surface area contributed by atoms with Gasteiger partial charge in [-0.25, -0.2) is 0 Å². The number of carbonyl (C=O) groups excluding carboxylic acids is 1. The fourth-order valence-electron chi connectivity index (χ4n) is 1.45. The summed E-state index contributed by atoms with van der Waals surface area (Å²) in [6.45, 7) is 0. The predicted octanol–water partition coefficient (Wildman–Crippen LogP) is 2.81. The number of amides is 1. The van der Waals surface area contributed by atoms with E-state index in [1.54, 1.807) is 24.3 Å². The van der Waals surface area contributed by atoms with Crippen molar-refractivity contribution in [1.82, 2.24) is 0 Å². The van der Waals surface area contributed by atoms with Crippen LogP contribution in [0.5, 0.6) is 0 Å². The van der Waals surface area contributed by atoms with Gasteiger partial charge in [0.25, 0.3) is 5.91 Å². The van der Waals surface area contributed by atoms with Crippen molar-refractivity contribution in [3.05, 3.63) is 65.7 Å². The van der Waals surface area contributed by atoms with Crippen molar-refractivity contribution in [3.63, 3.8) is 0 Å². The smallest absolute Gasteiger partial charge is 0.255 e. The molecule has 2 aromatic rings. The van der Waals surface area contributed by atoms with Crippen LogP contribution >= 0.6 is 0 Å². The second-order valence-corrected chi connectivity index (χ2v) is 3.51. The lowest BCUT2D eigenvalue weighted by Crippen LogP contribution is -2.11. The van der Waals surface area contributed by atoms with Crippen LogP contribution in [0.1, 0.15) is 15.9 Å². The van der Waals surface area contributed by atoms with Crippen LogP contribution in [0.4, 0.5) is 5.69 Å². The molecule has 0 spiro atoms. The molecule has 0 bridgehead atoms. The topological polar surface area (TPSA) is 52.9 Å². The van der Waals surface area contributed by atoms with Crippen LogP contribution in [0, 0.1) is 11.3 Å². The zero-order valence-corrected chi connectivity index (χ0v) is 9.05. The Morgan fingerprint density at radius 3 is 2.53 bits per heavy atom. The number of nitrogens with one attached hydrogen (secondary N) is 1. The Bertz CT molecular complexity index is 570. The highest BCUT2D eigenvalue weighted by atomic mass is 16.1. The molecule has 1 N–H and O–H groups in total. The molecule has 1 amide bonds. The summed E-state index contributed by atoms with van der Waals surface area (Å²) in [5, 5.41) is 11.5. The van der Waals surface area contributed by atoms with Gasteiger partial charge in [-0.3, -0.25) is 4.79 Å². The number of anilines is 1. The predicted molar refractivity (Wildman–Crippen MR) is 65.6 cm³/mol. The third-order valence-corrected chi connectivity index (χ3v) is 2.29.